The van der Waals surface area contributed by atoms with E-state index in [4.69, 9.17) is 18.9 Å². The van der Waals surface area contributed by atoms with Crippen molar-refractivity contribution in [1.82, 2.24) is 5.32 Å². The highest BCUT2D eigenvalue weighted by atomic mass is 16.5. The van der Waals surface area contributed by atoms with Crippen LogP contribution in [0, 0.1) is 5.92 Å². The van der Waals surface area contributed by atoms with Gasteiger partial charge in [-0.15, -0.1) is 0 Å². The van der Waals surface area contributed by atoms with Gasteiger partial charge in [0.25, 0.3) is 0 Å². The Morgan fingerprint density at radius 2 is 1.96 bits per heavy atom. The zero-order valence-corrected chi connectivity index (χ0v) is 16.8. The number of nitrogens with zero attached hydrogens (tertiary/aromatic N) is 1. The van der Waals surface area contributed by atoms with Crippen molar-refractivity contribution in [3.05, 3.63) is 18.2 Å². The summed E-state index contributed by atoms with van der Waals surface area (Å²) in [4.78, 5) is 4.66. The molecule has 0 unspecified atom stereocenters. The Balaban J connectivity index is 1.88. The normalized spacial score (nSPS) is 14.1. The fourth-order valence-corrected chi connectivity index (χ4v) is 2.42. The number of hydrogen-bond donors (Lipinski definition) is 2. The second kappa shape index (κ2) is 12.4. The maximum absolute atomic E-state index is 5.76. The summed E-state index contributed by atoms with van der Waals surface area (Å²) in [6.07, 6.45) is 1.79. The summed E-state index contributed by atoms with van der Waals surface area (Å²) >= 11 is 0. The number of aliphatic imine (C=N–C) groups is 1. The van der Waals surface area contributed by atoms with Gasteiger partial charge in [-0.05, 0) is 24.5 Å². The van der Waals surface area contributed by atoms with Crippen molar-refractivity contribution in [2.75, 3.05) is 58.6 Å². The summed E-state index contributed by atoms with van der Waals surface area (Å²) in [5, 5.41) is 6.72. The van der Waals surface area contributed by atoms with Crippen molar-refractivity contribution in [1.29, 1.82) is 0 Å². The van der Waals surface area contributed by atoms with Crippen LogP contribution in [-0.4, -0.2) is 59.2 Å². The molecule has 0 amide bonds. The van der Waals surface area contributed by atoms with E-state index >= 15 is 0 Å². The standard InChI is InChI=1S/C20H33N3O4/c1-16(2)15-22-20(21-8-4-9-25-13-12-24-3)23-17-6-7-18-19(14-17)27-11-5-10-26-18/h6-7,14,16H,4-5,8-13,15H2,1-3H3,(H2,21,22,23). The summed E-state index contributed by atoms with van der Waals surface area (Å²) in [5.74, 6) is 2.81. The number of ether oxygens (including phenoxy) is 4. The summed E-state index contributed by atoms with van der Waals surface area (Å²) < 4.78 is 21.9. The molecule has 0 aliphatic carbocycles. The first kappa shape index (κ1) is 21.3. The molecular weight excluding hydrogens is 346 g/mol. The molecule has 0 spiro atoms. The molecule has 1 aromatic rings. The molecule has 0 saturated carbocycles. The Kier molecular flexibility index (Phi) is 9.79. The minimum Gasteiger partial charge on any atom is -0.490 e. The Labute approximate surface area is 162 Å². The lowest BCUT2D eigenvalue weighted by atomic mass is 10.2. The third-order valence-corrected chi connectivity index (χ3v) is 3.81. The highest BCUT2D eigenvalue weighted by Crippen LogP contribution is 2.32. The molecule has 7 heteroatoms. The Bertz CT molecular complexity index is 578. The largest absolute Gasteiger partial charge is 0.490 e. The summed E-state index contributed by atoms with van der Waals surface area (Å²) in [5.41, 5.74) is 0.922. The van der Waals surface area contributed by atoms with Crippen LogP contribution in [0.1, 0.15) is 26.7 Å². The number of fused-ring (bicyclic) bond motifs is 1. The molecule has 0 fully saturated rings. The van der Waals surface area contributed by atoms with Gasteiger partial charge in [0, 0.05) is 45.0 Å². The van der Waals surface area contributed by atoms with Crippen LogP contribution in [0.3, 0.4) is 0 Å². The van der Waals surface area contributed by atoms with Crippen molar-refractivity contribution >= 4 is 11.6 Å². The van der Waals surface area contributed by atoms with Crippen LogP contribution in [0.2, 0.25) is 0 Å². The lowest BCUT2D eigenvalue weighted by molar-refractivity contribution is 0.0699. The van der Waals surface area contributed by atoms with Gasteiger partial charge in [0.05, 0.1) is 26.4 Å². The van der Waals surface area contributed by atoms with Gasteiger partial charge in [0.15, 0.2) is 17.5 Å². The molecule has 0 aromatic heterocycles. The van der Waals surface area contributed by atoms with Crippen LogP contribution in [0.5, 0.6) is 11.5 Å². The molecule has 0 bridgehead atoms. The first-order valence-electron chi connectivity index (χ1n) is 9.70. The number of nitrogens with one attached hydrogen (secondary N) is 2. The van der Waals surface area contributed by atoms with Gasteiger partial charge in [-0.2, -0.15) is 0 Å². The van der Waals surface area contributed by atoms with Crippen molar-refractivity contribution in [3.63, 3.8) is 0 Å². The number of anilines is 1. The van der Waals surface area contributed by atoms with Gasteiger partial charge in [-0.1, -0.05) is 13.8 Å². The first-order chi connectivity index (χ1) is 13.2. The van der Waals surface area contributed by atoms with E-state index in [0.717, 1.165) is 49.1 Å². The molecule has 2 rings (SSSR count). The van der Waals surface area contributed by atoms with E-state index in [9.17, 15) is 0 Å². The van der Waals surface area contributed by atoms with E-state index < -0.39 is 0 Å². The molecule has 1 heterocycles. The molecule has 152 valence electrons. The number of hydrogen-bond acceptors (Lipinski definition) is 5. The van der Waals surface area contributed by atoms with E-state index in [2.05, 4.69) is 29.5 Å². The van der Waals surface area contributed by atoms with Gasteiger partial charge >= 0.3 is 0 Å². The monoisotopic (exact) mass is 379 g/mol. The Morgan fingerprint density at radius 1 is 1.15 bits per heavy atom. The van der Waals surface area contributed by atoms with Crippen LogP contribution in [0.25, 0.3) is 0 Å². The average molecular weight is 380 g/mol. The Morgan fingerprint density at radius 3 is 2.74 bits per heavy atom. The minimum absolute atomic E-state index is 0.491. The molecule has 27 heavy (non-hydrogen) atoms. The molecule has 7 nitrogen and oxygen atoms in total. The average Bonchev–Trinajstić information content (AvgIpc) is 2.90. The predicted molar refractivity (Wildman–Crippen MR) is 108 cm³/mol. The SMILES string of the molecule is COCCOCCCNC(=NCC(C)C)Nc1ccc2c(c1)OCCCO2. The third-order valence-electron chi connectivity index (χ3n) is 3.81. The Hall–Kier alpha value is -1.99. The van der Waals surface area contributed by atoms with Crippen LogP contribution in [0.4, 0.5) is 5.69 Å². The van der Waals surface area contributed by atoms with E-state index in [-0.39, 0.29) is 0 Å². The quantitative estimate of drug-likeness (QED) is 0.370. The van der Waals surface area contributed by atoms with Gasteiger partial charge < -0.3 is 29.6 Å². The molecular formula is C20H33N3O4. The second-order valence-electron chi connectivity index (χ2n) is 6.81. The molecule has 0 atom stereocenters. The lowest BCUT2D eigenvalue weighted by Gasteiger charge is -2.15. The predicted octanol–water partition coefficient (Wildman–Crippen LogP) is 2.91. The van der Waals surface area contributed by atoms with Crippen molar-refractivity contribution < 1.29 is 18.9 Å². The molecule has 1 aromatic carbocycles. The second-order valence-corrected chi connectivity index (χ2v) is 6.81. The number of methoxy groups -OCH3 is 1. The van der Waals surface area contributed by atoms with Crippen molar-refractivity contribution in [2.24, 2.45) is 10.9 Å². The molecule has 2 N–H and O–H groups in total. The smallest absolute Gasteiger partial charge is 0.195 e. The topological polar surface area (TPSA) is 73.3 Å². The maximum Gasteiger partial charge on any atom is 0.195 e. The minimum atomic E-state index is 0.491. The van der Waals surface area contributed by atoms with Crippen LogP contribution in [0.15, 0.2) is 23.2 Å². The summed E-state index contributed by atoms with van der Waals surface area (Å²) in [7, 11) is 1.67. The first-order valence-corrected chi connectivity index (χ1v) is 9.70. The molecule has 0 saturated heterocycles. The van der Waals surface area contributed by atoms with Gasteiger partial charge in [-0.3, -0.25) is 4.99 Å². The van der Waals surface area contributed by atoms with Crippen LogP contribution >= 0.6 is 0 Å². The van der Waals surface area contributed by atoms with E-state index in [1.165, 1.54) is 0 Å². The number of benzene rings is 1. The lowest BCUT2D eigenvalue weighted by Crippen LogP contribution is -2.32. The third kappa shape index (κ3) is 8.49. The van der Waals surface area contributed by atoms with E-state index in [1.807, 2.05) is 18.2 Å². The van der Waals surface area contributed by atoms with Crippen LogP contribution < -0.4 is 20.1 Å². The molecule has 1 aliphatic rings. The van der Waals surface area contributed by atoms with Crippen molar-refractivity contribution in [3.8, 4) is 11.5 Å². The van der Waals surface area contributed by atoms with E-state index in [1.54, 1.807) is 7.11 Å². The number of guanidine groups is 1. The van der Waals surface area contributed by atoms with Gasteiger partial charge in [0.1, 0.15) is 0 Å². The van der Waals surface area contributed by atoms with Gasteiger partial charge in [-0.25, -0.2) is 0 Å². The fourth-order valence-electron chi connectivity index (χ4n) is 2.42. The summed E-state index contributed by atoms with van der Waals surface area (Å²) in [6, 6.07) is 5.88. The highest BCUT2D eigenvalue weighted by molar-refractivity contribution is 5.93. The van der Waals surface area contributed by atoms with E-state index in [0.29, 0.717) is 39.0 Å². The van der Waals surface area contributed by atoms with Crippen LogP contribution in [-0.2, 0) is 9.47 Å². The zero-order chi connectivity index (χ0) is 19.3. The fraction of sp³-hybridized carbons (Fsp3) is 0.650. The number of rotatable bonds is 10. The molecule has 0 radical (unpaired) electrons. The van der Waals surface area contributed by atoms with Gasteiger partial charge in [0.2, 0.25) is 0 Å². The summed E-state index contributed by atoms with van der Waals surface area (Å²) in [6.45, 7) is 9.14. The highest BCUT2D eigenvalue weighted by Gasteiger charge is 2.11. The van der Waals surface area contributed by atoms with Crippen molar-refractivity contribution in [2.45, 2.75) is 26.7 Å². The maximum atomic E-state index is 5.76. The zero-order valence-electron chi connectivity index (χ0n) is 16.8. The molecule has 1 aliphatic heterocycles.